The zero-order chi connectivity index (χ0) is 22.0. The average molecular weight is 436 g/mol. The van der Waals surface area contributed by atoms with Crippen LogP contribution in [0.25, 0.3) is 10.9 Å². The molecule has 0 saturated heterocycles. The predicted molar refractivity (Wildman–Crippen MR) is 118 cm³/mol. The summed E-state index contributed by atoms with van der Waals surface area (Å²) in [4.78, 5) is 20.7. The van der Waals surface area contributed by atoms with E-state index in [9.17, 15) is 18.5 Å². The highest BCUT2D eigenvalue weighted by Crippen LogP contribution is 2.29. The lowest BCUT2D eigenvalue weighted by Gasteiger charge is -2.14. The number of nitriles is 1. The molecule has 31 heavy (non-hydrogen) atoms. The Morgan fingerprint density at radius 2 is 1.97 bits per heavy atom. The van der Waals surface area contributed by atoms with Gasteiger partial charge in [-0.1, -0.05) is 13.0 Å². The van der Waals surface area contributed by atoms with E-state index in [1.165, 1.54) is 13.3 Å². The Hall–Kier alpha value is -3.51. The maximum absolute atomic E-state index is 12.0. The smallest absolute Gasteiger partial charge is 0.239 e. The van der Waals surface area contributed by atoms with Crippen LogP contribution in [0.2, 0.25) is 0 Å². The molecule has 1 amide bonds. The molecule has 0 radical (unpaired) electrons. The number of nitrogens with zero attached hydrogens (tertiary/aromatic N) is 3. The van der Waals surface area contributed by atoms with Gasteiger partial charge in [0.15, 0.2) is 9.84 Å². The average Bonchev–Trinajstić information content (AvgIpc) is 3.14. The minimum absolute atomic E-state index is 0.0639. The van der Waals surface area contributed by atoms with Gasteiger partial charge in [-0.3, -0.25) is 4.79 Å². The zero-order valence-electron chi connectivity index (χ0n) is 16.9. The summed E-state index contributed by atoms with van der Waals surface area (Å²) in [6.07, 6.45) is 3.02. The molecule has 9 heteroatoms. The van der Waals surface area contributed by atoms with Crippen molar-refractivity contribution in [2.75, 3.05) is 22.1 Å². The third kappa shape index (κ3) is 4.64. The number of sulfone groups is 1. The molecule has 0 aliphatic heterocycles. The van der Waals surface area contributed by atoms with Crippen LogP contribution < -0.4 is 10.6 Å². The maximum atomic E-state index is 12.0. The van der Waals surface area contributed by atoms with Crippen molar-refractivity contribution < 1.29 is 13.2 Å². The highest BCUT2D eigenvalue weighted by molar-refractivity contribution is 7.92. The molecule has 2 aromatic carbocycles. The van der Waals surface area contributed by atoms with Gasteiger partial charge < -0.3 is 10.6 Å². The number of fused-ring (bicyclic) bond motifs is 2. The van der Waals surface area contributed by atoms with Crippen LogP contribution in [0.15, 0.2) is 42.7 Å². The van der Waals surface area contributed by atoms with E-state index in [0.717, 1.165) is 34.9 Å². The number of anilines is 2. The lowest BCUT2D eigenvalue weighted by atomic mass is 10.1. The van der Waals surface area contributed by atoms with Crippen molar-refractivity contribution in [3.63, 3.8) is 0 Å². The molecule has 1 heterocycles. The van der Waals surface area contributed by atoms with E-state index < -0.39 is 21.5 Å². The van der Waals surface area contributed by atoms with Crippen molar-refractivity contribution >= 4 is 38.2 Å². The van der Waals surface area contributed by atoms with E-state index in [0.29, 0.717) is 17.1 Å². The number of carbonyl (C=O) groups excluding carboxylic acids is 1. The van der Waals surface area contributed by atoms with E-state index in [1.54, 1.807) is 24.3 Å². The highest BCUT2D eigenvalue weighted by atomic mass is 32.2. The first-order valence-corrected chi connectivity index (χ1v) is 11.7. The summed E-state index contributed by atoms with van der Waals surface area (Å²) in [6, 6.07) is 13.2. The van der Waals surface area contributed by atoms with Crippen molar-refractivity contribution in [1.29, 1.82) is 5.26 Å². The van der Waals surface area contributed by atoms with Crippen molar-refractivity contribution in [2.45, 2.75) is 25.8 Å². The van der Waals surface area contributed by atoms with Gasteiger partial charge in [0.05, 0.1) is 17.1 Å². The molecule has 158 valence electrons. The highest BCUT2D eigenvalue weighted by Gasteiger charge is 2.23. The molecule has 0 fully saturated rings. The van der Waals surface area contributed by atoms with E-state index in [4.69, 9.17) is 0 Å². The lowest BCUT2D eigenvalue weighted by Crippen LogP contribution is -2.24. The van der Waals surface area contributed by atoms with Gasteiger partial charge >= 0.3 is 0 Å². The van der Waals surface area contributed by atoms with Gasteiger partial charge in [-0.15, -0.1) is 0 Å². The molecule has 1 atom stereocenters. The van der Waals surface area contributed by atoms with Crippen LogP contribution in [0.4, 0.5) is 11.5 Å². The fourth-order valence-corrected chi connectivity index (χ4v) is 4.41. The molecular formula is C22H21N5O3S. The third-order valence-corrected chi connectivity index (χ3v) is 6.90. The second-order valence-corrected chi connectivity index (χ2v) is 9.88. The molecule has 1 unspecified atom stereocenters. The summed E-state index contributed by atoms with van der Waals surface area (Å²) >= 11 is 0. The van der Waals surface area contributed by atoms with Gasteiger partial charge in [0.2, 0.25) is 5.91 Å². The number of hydrogen-bond donors (Lipinski definition) is 2. The standard InChI is InChI=1S/C22H21N5O3S/c1-2-31(29,30)12-21(28)26-17-5-4-15-8-18(10-16(15)9-17)27-22-19-7-14(11-23)3-6-20(19)24-13-25-22/h3-7,9,13,18H,2,8,10,12H2,1H3,(H,26,28)(H,24,25,27). The monoisotopic (exact) mass is 435 g/mol. The molecule has 0 spiro atoms. The summed E-state index contributed by atoms with van der Waals surface area (Å²) in [7, 11) is -3.37. The van der Waals surface area contributed by atoms with E-state index in [1.807, 2.05) is 12.1 Å². The summed E-state index contributed by atoms with van der Waals surface area (Å²) < 4.78 is 23.3. The Labute approximate surface area is 180 Å². The van der Waals surface area contributed by atoms with Crippen LogP contribution in [0, 0.1) is 11.3 Å². The first-order valence-electron chi connectivity index (χ1n) is 9.90. The maximum Gasteiger partial charge on any atom is 0.239 e. The first kappa shape index (κ1) is 20.8. The molecule has 2 N–H and O–H groups in total. The largest absolute Gasteiger partial charge is 0.366 e. The van der Waals surface area contributed by atoms with Crippen LogP contribution in [-0.2, 0) is 27.5 Å². The Kier molecular flexibility index (Phi) is 5.57. The molecule has 1 aromatic heterocycles. The van der Waals surface area contributed by atoms with Gasteiger partial charge in [-0.05, 0) is 54.3 Å². The van der Waals surface area contributed by atoms with Gasteiger partial charge in [-0.2, -0.15) is 5.26 Å². The quantitative estimate of drug-likeness (QED) is 0.609. The minimum atomic E-state index is -3.37. The Balaban J connectivity index is 1.48. The van der Waals surface area contributed by atoms with E-state index >= 15 is 0 Å². The number of hydrogen-bond acceptors (Lipinski definition) is 7. The van der Waals surface area contributed by atoms with Crippen molar-refractivity contribution in [1.82, 2.24) is 9.97 Å². The molecule has 8 nitrogen and oxygen atoms in total. The molecule has 0 bridgehead atoms. The third-order valence-electron chi connectivity index (χ3n) is 5.32. The second-order valence-electron chi connectivity index (χ2n) is 7.52. The van der Waals surface area contributed by atoms with Crippen LogP contribution in [0.5, 0.6) is 0 Å². The number of benzene rings is 2. The Morgan fingerprint density at radius 3 is 2.74 bits per heavy atom. The number of nitrogens with one attached hydrogen (secondary N) is 2. The Bertz CT molecular complexity index is 1310. The molecule has 1 aliphatic rings. The number of aromatic nitrogens is 2. The molecule has 3 aromatic rings. The minimum Gasteiger partial charge on any atom is -0.366 e. The lowest BCUT2D eigenvalue weighted by molar-refractivity contribution is -0.113. The van der Waals surface area contributed by atoms with Gasteiger partial charge in [-0.25, -0.2) is 18.4 Å². The van der Waals surface area contributed by atoms with Gasteiger partial charge in [0.25, 0.3) is 0 Å². The fraction of sp³-hybridized carbons (Fsp3) is 0.273. The first-order chi connectivity index (χ1) is 14.9. The summed E-state index contributed by atoms with van der Waals surface area (Å²) in [5.41, 5.74) is 4.14. The fourth-order valence-electron chi connectivity index (χ4n) is 3.73. The van der Waals surface area contributed by atoms with Crippen molar-refractivity contribution in [2.24, 2.45) is 0 Å². The van der Waals surface area contributed by atoms with E-state index in [-0.39, 0.29) is 11.8 Å². The summed E-state index contributed by atoms with van der Waals surface area (Å²) in [6.45, 7) is 1.52. The Morgan fingerprint density at radius 1 is 1.16 bits per heavy atom. The van der Waals surface area contributed by atoms with Crippen molar-refractivity contribution in [3.05, 3.63) is 59.4 Å². The summed E-state index contributed by atoms with van der Waals surface area (Å²) in [5.74, 6) is -0.435. The predicted octanol–water partition coefficient (Wildman–Crippen LogP) is 2.45. The van der Waals surface area contributed by atoms with Crippen LogP contribution >= 0.6 is 0 Å². The number of amides is 1. The molecule has 1 aliphatic carbocycles. The van der Waals surface area contributed by atoms with Crippen LogP contribution in [0.1, 0.15) is 23.6 Å². The van der Waals surface area contributed by atoms with Crippen LogP contribution in [0.3, 0.4) is 0 Å². The number of rotatable bonds is 6. The normalized spacial score (nSPS) is 15.3. The molecular weight excluding hydrogens is 414 g/mol. The van der Waals surface area contributed by atoms with Gasteiger partial charge in [0, 0.05) is 22.9 Å². The van der Waals surface area contributed by atoms with Crippen molar-refractivity contribution in [3.8, 4) is 6.07 Å². The summed E-state index contributed by atoms with van der Waals surface area (Å²) in [5, 5.41) is 16.1. The van der Waals surface area contributed by atoms with Gasteiger partial charge in [0.1, 0.15) is 17.9 Å². The number of carbonyl (C=O) groups is 1. The zero-order valence-corrected chi connectivity index (χ0v) is 17.7. The topological polar surface area (TPSA) is 125 Å². The van der Waals surface area contributed by atoms with Crippen LogP contribution in [-0.4, -0.2) is 41.8 Å². The second kappa shape index (κ2) is 8.32. The van der Waals surface area contributed by atoms with E-state index in [2.05, 4.69) is 26.7 Å². The molecule has 4 rings (SSSR count). The SMILES string of the molecule is CCS(=O)(=O)CC(=O)Nc1ccc2c(c1)CC(Nc1ncnc3ccc(C#N)cc13)C2. The molecule has 0 saturated carbocycles.